The van der Waals surface area contributed by atoms with Gasteiger partial charge in [-0.3, -0.25) is 5.32 Å². The molecular formula is C19H22N4O4. The number of carbonyl (C=O) groups is 1. The molecule has 2 aromatic heterocycles. The maximum absolute atomic E-state index is 11.3. The minimum atomic E-state index is -1.12. The fourth-order valence-corrected chi connectivity index (χ4v) is 3.93. The van der Waals surface area contributed by atoms with Gasteiger partial charge >= 0.3 is 6.09 Å². The van der Waals surface area contributed by atoms with Crippen LogP contribution in [0, 0.1) is 6.92 Å². The topological polar surface area (TPSA) is 102 Å². The van der Waals surface area contributed by atoms with E-state index in [0.29, 0.717) is 5.95 Å². The average molecular weight is 370 g/mol. The Balaban J connectivity index is 1.76. The lowest BCUT2D eigenvalue weighted by molar-refractivity contribution is 0.0591. The molecule has 0 bridgehead atoms. The number of benzene rings is 1. The van der Waals surface area contributed by atoms with Gasteiger partial charge in [0, 0.05) is 18.7 Å². The van der Waals surface area contributed by atoms with Gasteiger partial charge < -0.3 is 18.9 Å². The van der Waals surface area contributed by atoms with Gasteiger partial charge in [0.05, 0.1) is 22.8 Å². The Morgan fingerprint density at radius 2 is 2.11 bits per heavy atom. The highest BCUT2D eigenvalue weighted by atomic mass is 16.5. The molecule has 0 aliphatic heterocycles. The second-order valence-corrected chi connectivity index (χ2v) is 6.92. The Kier molecular flexibility index (Phi) is 4.57. The monoisotopic (exact) mass is 370 g/mol. The largest absolute Gasteiger partial charge is 0.465 e. The molecule has 27 heavy (non-hydrogen) atoms. The third-order valence-corrected chi connectivity index (χ3v) is 5.31. The molecule has 0 atom stereocenters. The van der Waals surface area contributed by atoms with Crippen LogP contribution >= 0.6 is 0 Å². The van der Waals surface area contributed by atoms with E-state index < -0.39 is 6.09 Å². The van der Waals surface area contributed by atoms with Crippen molar-refractivity contribution < 1.29 is 19.2 Å². The highest BCUT2D eigenvalue weighted by Crippen LogP contribution is 2.36. The van der Waals surface area contributed by atoms with E-state index in [4.69, 9.17) is 9.26 Å². The van der Waals surface area contributed by atoms with Crippen molar-refractivity contribution in [2.75, 3.05) is 12.4 Å². The van der Waals surface area contributed by atoms with E-state index in [1.165, 1.54) is 0 Å². The number of hydrogen-bond donors (Lipinski definition) is 2. The van der Waals surface area contributed by atoms with E-state index in [9.17, 15) is 9.90 Å². The number of aryl methyl sites for hydroxylation is 1. The Hall–Kier alpha value is -2.87. The lowest BCUT2D eigenvalue weighted by Crippen LogP contribution is -2.24. The summed E-state index contributed by atoms with van der Waals surface area (Å²) >= 11 is 0. The second kappa shape index (κ2) is 7.03. The molecule has 8 heteroatoms. The maximum atomic E-state index is 11.3. The van der Waals surface area contributed by atoms with Gasteiger partial charge in [0.15, 0.2) is 0 Å². The fourth-order valence-electron chi connectivity index (χ4n) is 3.93. The summed E-state index contributed by atoms with van der Waals surface area (Å²) in [5.41, 5.74) is 4.30. The van der Waals surface area contributed by atoms with Crippen molar-refractivity contribution in [3.63, 3.8) is 0 Å². The zero-order valence-corrected chi connectivity index (χ0v) is 15.3. The van der Waals surface area contributed by atoms with Crippen LogP contribution in [-0.4, -0.2) is 39.1 Å². The number of amides is 1. The molecular weight excluding hydrogens is 348 g/mol. The molecule has 1 amide bonds. The Labute approximate surface area is 156 Å². The molecule has 1 aliphatic carbocycles. The van der Waals surface area contributed by atoms with Crippen molar-refractivity contribution in [2.45, 2.75) is 44.8 Å². The number of imidazole rings is 1. The van der Waals surface area contributed by atoms with Crippen LogP contribution in [0.2, 0.25) is 0 Å². The molecule has 2 N–H and O–H groups in total. The molecule has 1 saturated carbocycles. The average Bonchev–Trinajstić information content (AvgIpc) is 3.23. The predicted molar refractivity (Wildman–Crippen MR) is 99.9 cm³/mol. The molecule has 0 spiro atoms. The number of aromatic nitrogens is 3. The van der Waals surface area contributed by atoms with Crippen LogP contribution in [0.3, 0.4) is 0 Å². The number of methoxy groups -OCH3 is 1. The van der Waals surface area contributed by atoms with Crippen LogP contribution in [0.1, 0.15) is 37.4 Å². The summed E-state index contributed by atoms with van der Waals surface area (Å²) in [5.74, 6) is 0.359. The fraction of sp³-hybridized carbons (Fsp3) is 0.421. The van der Waals surface area contributed by atoms with E-state index in [2.05, 4.69) is 15.5 Å². The normalized spacial score (nSPS) is 20.1. The number of rotatable bonds is 4. The molecule has 8 nitrogen and oxygen atoms in total. The third-order valence-electron chi connectivity index (χ3n) is 5.31. The van der Waals surface area contributed by atoms with Crippen LogP contribution in [0.25, 0.3) is 22.2 Å². The van der Waals surface area contributed by atoms with Crippen LogP contribution in [-0.2, 0) is 4.74 Å². The number of fused-ring (bicyclic) bond motifs is 1. The van der Waals surface area contributed by atoms with Gasteiger partial charge in [0.2, 0.25) is 5.95 Å². The smallest absolute Gasteiger partial charge is 0.411 e. The van der Waals surface area contributed by atoms with Gasteiger partial charge in [-0.05, 0) is 50.3 Å². The van der Waals surface area contributed by atoms with E-state index in [-0.39, 0.29) is 12.1 Å². The van der Waals surface area contributed by atoms with Gasteiger partial charge in [-0.25, -0.2) is 9.78 Å². The van der Waals surface area contributed by atoms with Crippen LogP contribution in [0.5, 0.6) is 0 Å². The summed E-state index contributed by atoms with van der Waals surface area (Å²) in [4.78, 5) is 15.8. The van der Waals surface area contributed by atoms with Crippen molar-refractivity contribution >= 4 is 23.1 Å². The number of nitrogens with zero attached hydrogens (tertiary/aromatic N) is 3. The van der Waals surface area contributed by atoms with E-state index in [0.717, 1.165) is 53.5 Å². The van der Waals surface area contributed by atoms with Crippen LogP contribution < -0.4 is 5.32 Å². The van der Waals surface area contributed by atoms with Gasteiger partial charge in [0.25, 0.3) is 0 Å². The molecule has 4 rings (SSSR count). The van der Waals surface area contributed by atoms with Crippen molar-refractivity contribution in [1.82, 2.24) is 14.7 Å². The number of ether oxygens (including phenoxy) is 1. The molecule has 0 radical (unpaired) electrons. The van der Waals surface area contributed by atoms with Gasteiger partial charge in [-0.2, -0.15) is 0 Å². The molecule has 2 heterocycles. The van der Waals surface area contributed by atoms with Gasteiger partial charge in [0.1, 0.15) is 6.26 Å². The standard InChI is InChI=1S/C19H22N4O4/c1-11-15(10-27-22-11)12-3-8-17-16(9-12)20-18(21-19(24)25)23(17)13-4-6-14(26-2)7-5-13/h3,8-10,13-14H,4-7H2,1-2H3,(H,20,21)(H,24,25). The Morgan fingerprint density at radius 1 is 1.33 bits per heavy atom. The summed E-state index contributed by atoms with van der Waals surface area (Å²) in [6.45, 7) is 1.88. The highest BCUT2D eigenvalue weighted by molar-refractivity contribution is 5.88. The Morgan fingerprint density at radius 3 is 2.74 bits per heavy atom. The van der Waals surface area contributed by atoms with E-state index >= 15 is 0 Å². The molecule has 1 aliphatic rings. The zero-order valence-electron chi connectivity index (χ0n) is 15.3. The summed E-state index contributed by atoms with van der Waals surface area (Å²) in [6, 6.07) is 6.11. The summed E-state index contributed by atoms with van der Waals surface area (Å²) in [6.07, 6.45) is 4.50. The van der Waals surface area contributed by atoms with Crippen LogP contribution in [0.4, 0.5) is 10.7 Å². The first-order valence-corrected chi connectivity index (χ1v) is 9.03. The molecule has 3 aromatic rings. The Bertz CT molecular complexity index is 969. The first-order valence-electron chi connectivity index (χ1n) is 9.03. The molecule has 142 valence electrons. The lowest BCUT2D eigenvalue weighted by atomic mass is 9.92. The number of carboxylic acid groups (broad SMARTS) is 1. The van der Waals surface area contributed by atoms with Crippen LogP contribution in [0.15, 0.2) is 29.0 Å². The molecule has 1 aromatic carbocycles. The molecule has 1 fully saturated rings. The highest BCUT2D eigenvalue weighted by Gasteiger charge is 2.26. The van der Waals surface area contributed by atoms with Crippen molar-refractivity contribution in [3.05, 3.63) is 30.2 Å². The summed E-state index contributed by atoms with van der Waals surface area (Å²) < 4.78 is 12.5. The first kappa shape index (κ1) is 17.5. The number of anilines is 1. The molecule has 0 saturated heterocycles. The molecule has 0 unspecified atom stereocenters. The van der Waals surface area contributed by atoms with Crippen molar-refractivity contribution in [3.8, 4) is 11.1 Å². The lowest BCUT2D eigenvalue weighted by Gasteiger charge is -2.29. The zero-order chi connectivity index (χ0) is 19.0. The minimum Gasteiger partial charge on any atom is -0.465 e. The first-order chi connectivity index (χ1) is 13.1. The number of hydrogen-bond acceptors (Lipinski definition) is 5. The van der Waals surface area contributed by atoms with Gasteiger partial charge in [-0.1, -0.05) is 11.2 Å². The minimum absolute atomic E-state index is 0.187. The van der Waals surface area contributed by atoms with Crippen molar-refractivity contribution in [2.24, 2.45) is 0 Å². The predicted octanol–water partition coefficient (Wildman–Crippen LogP) is 4.22. The SMILES string of the molecule is COC1CCC(n2c(NC(=O)O)nc3cc(-c4conc4C)ccc32)CC1. The quantitative estimate of drug-likeness (QED) is 0.713. The third kappa shape index (κ3) is 3.28. The maximum Gasteiger partial charge on any atom is 0.411 e. The van der Waals surface area contributed by atoms with E-state index in [1.54, 1.807) is 13.4 Å². The number of nitrogens with one attached hydrogen (secondary N) is 1. The van der Waals surface area contributed by atoms with Crippen molar-refractivity contribution in [1.29, 1.82) is 0 Å². The van der Waals surface area contributed by atoms with E-state index in [1.807, 2.05) is 29.7 Å². The second-order valence-electron chi connectivity index (χ2n) is 6.92. The van der Waals surface area contributed by atoms with Gasteiger partial charge in [-0.15, -0.1) is 0 Å². The summed E-state index contributed by atoms with van der Waals surface area (Å²) in [7, 11) is 1.74. The summed E-state index contributed by atoms with van der Waals surface area (Å²) in [5, 5.41) is 15.6.